The molecule has 0 aliphatic carbocycles. The Bertz CT molecular complexity index is 1520. The molecule has 0 fully saturated rings. The molecule has 10 heteroatoms. The largest absolute Gasteiger partial charge is 0.495 e. The molecule has 2 aromatic heterocycles. The third kappa shape index (κ3) is 5.16. The highest BCUT2D eigenvalue weighted by Gasteiger charge is 2.35. The molecule has 0 bridgehead atoms. The van der Waals surface area contributed by atoms with Gasteiger partial charge in [-0.3, -0.25) is 14.6 Å². The van der Waals surface area contributed by atoms with Crippen LogP contribution in [0.5, 0.6) is 5.75 Å². The molecule has 192 valence electrons. The van der Waals surface area contributed by atoms with Crippen LogP contribution in [0.25, 0.3) is 0 Å². The highest BCUT2D eigenvalue weighted by molar-refractivity contribution is 7.99. The molecule has 2 aromatic carbocycles. The van der Waals surface area contributed by atoms with E-state index in [0.717, 1.165) is 11.1 Å². The number of thioether (sulfide) groups is 1. The second-order valence-electron chi connectivity index (χ2n) is 8.75. The molecule has 1 aliphatic rings. The molecule has 0 saturated heterocycles. The summed E-state index contributed by atoms with van der Waals surface area (Å²) in [6, 6.07) is 17.8. The smallest absolute Gasteiger partial charge is 0.255 e. The summed E-state index contributed by atoms with van der Waals surface area (Å²) in [4.78, 5) is 35.2. The maximum absolute atomic E-state index is 13.6. The van der Waals surface area contributed by atoms with Gasteiger partial charge in [-0.1, -0.05) is 59.8 Å². The van der Waals surface area contributed by atoms with Crippen LogP contribution in [-0.4, -0.2) is 44.3 Å². The van der Waals surface area contributed by atoms with Crippen LogP contribution in [0.3, 0.4) is 0 Å². The maximum Gasteiger partial charge on any atom is 0.255 e. The number of anilines is 2. The number of hydrogen-bond donors (Lipinski definition) is 2. The number of fused-ring (bicyclic) bond motifs is 1. The van der Waals surface area contributed by atoms with E-state index >= 15 is 0 Å². The molecular formula is C28H26N6O3S. The molecule has 1 atom stereocenters. The van der Waals surface area contributed by atoms with Crippen LogP contribution in [0.1, 0.15) is 34.5 Å². The summed E-state index contributed by atoms with van der Waals surface area (Å²) in [6.45, 7) is 3.81. The zero-order valence-corrected chi connectivity index (χ0v) is 22.0. The van der Waals surface area contributed by atoms with E-state index in [2.05, 4.69) is 25.7 Å². The molecular weight excluding hydrogens is 500 g/mol. The van der Waals surface area contributed by atoms with Crippen molar-refractivity contribution < 1.29 is 14.3 Å². The van der Waals surface area contributed by atoms with Crippen LogP contribution in [0.2, 0.25) is 0 Å². The molecule has 9 nitrogen and oxygen atoms in total. The van der Waals surface area contributed by atoms with Crippen molar-refractivity contribution in [3.63, 3.8) is 0 Å². The molecule has 0 saturated carbocycles. The summed E-state index contributed by atoms with van der Waals surface area (Å²) >= 11 is 1.25. The van der Waals surface area contributed by atoms with Crippen LogP contribution in [-0.2, 0) is 4.79 Å². The first-order chi connectivity index (χ1) is 18.4. The van der Waals surface area contributed by atoms with Gasteiger partial charge in [0, 0.05) is 23.7 Å². The van der Waals surface area contributed by atoms with Crippen molar-refractivity contribution >= 4 is 35.1 Å². The molecule has 1 amide bonds. The minimum Gasteiger partial charge on any atom is -0.495 e. The fraction of sp³-hybridized carbons (Fsp3) is 0.179. The van der Waals surface area contributed by atoms with Crippen LogP contribution >= 0.6 is 11.8 Å². The van der Waals surface area contributed by atoms with Crippen molar-refractivity contribution in [3.8, 4) is 5.75 Å². The first-order valence-corrected chi connectivity index (χ1v) is 12.9. The van der Waals surface area contributed by atoms with Gasteiger partial charge in [-0.15, -0.1) is 5.10 Å². The van der Waals surface area contributed by atoms with Gasteiger partial charge in [0.25, 0.3) is 5.91 Å². The number of para-hydroxylation sites is 2. The van der Waals surface area contributed by atoms with Crippen molar-refractivity contribution in [2.75, 3.05) is 23.5 Å². The summed E-state index contributed by atoms with van der Waals surface area (Å²) in [5, 5.41) is 11.3. The van der Waals surface area contributed by atoms with Crippen molar-refractivity contribution in [3.05, 3.63) is 101 Å². The first kappa shape index (κ1) is 25.2. The lowest BCUT2D eigenvalue weighted by atomic mass is 9.96. The number of benzene rings is 2. The van der Waals surface area contributed by atoms with Crippen molar-refractivity contribution in [1.29, 1.82) is 0 Å². The zero-order valence-electron chi connectivity index (χ0n) is 21.1. The number of hydrogen-bond acceptors (Lipinski definition) is 8. The van der Waals surface area contributed by atoms with Crippen LogP contribution in [0, 0.1) is 6.92 Å². The van der Waals surface area contributed by atoms with Gasteiger partial charge in [0.2, 0.25) is 11.1 Å². The number of carbonyl (C=O) groups is 2. The molecule has 0 radical (unpaired) electrons. The Kier molecular flexibility index (Phi) is 7.23. The van der Waals surface area contributed by atoms with E-state index in [9.17, 15) is 9.59 Å². The predicted octanol–water partition coefficient (Wildman–Crippen LogP) is 4.89. The number of pyridine rings is 1. The number of amides is 1. The lowest BCUT2D eigenvalue weighted by Gasteiger charge is -2.28. The summed E-state index contributed by atoms with van der Waals surface area (Å²) in [7, 11) is 1.56. The Hall–Kier alpha value is -4.44. The predicted molar refractivity (Wildman–Crippen MR) is 147 cm³/mol. The molecule has 5 rings (SSSR count). The number of aromatic nitrogens is 4. The lowest BCUT2D eigenvalue weighted by molar-refractivity contribution is -0.113. The molecule has 4 aromatic rings. The van der Waals surface area contributed by atoms with Gasteiger partial charge in [-0.05, 0) is 37.6 Å². The Morgan fingerprint density at radius 3 is 2.61 bits per heavy atom. The number of nitrogens with one attached hydrogen (secondary N) is 2. The highest BCUT2D eigenvalue weighted by atomic mass is 32.2. The van der Waals surface area contributed by atoms with Crippen molar-refractivity contribution in [1.82, 2.24) is 19.7 Å². The van der Waals surface area contributed by atoms with Gasteiger partial charge in [0.1, 0.15) is 11.8 Å². The zero-order chi connectivity index (χ0) is 26.6. The standard InChI is InChI=1S/C28H26N6O3S/c1-17-10-12-19(13-11-17)22(35)16-38-28-32-27-30-18(2)24(25(34(27)33-28)20-7-6-14-29-15-20)26(36)31-21-8-4-5-9-23(21)37-3/h4-15,25H,16H2,1-3H3,(H,31,36)(H,30,32,33). The number of rotatable bonds is 8. The molecule has 0 spiro atoms. The van der Waals surface area contributed by atoms with Gasteiger partial charge < -0.3 is 15.4 Å². The number of methoxy groups -OCH3 is 1. The van der Waals surface area contributed by atoms with E-state index in [-0.39, 0.29) is 17.4 Å². The quantitative estimate of drug-likeness (QED) is 0.247. The number of allylic oxidation sites excluding steroid dienone is 1. The normalized spacial score (nSPS) is 14.4. The average molecular weight is 527 g/mol. The lowest BCUT2D eigenvalue weighted by Crippen LogP contribution is -2.31. The summed E-state index contributed by atoms with van der Waals surface area (Å²) in [5.41, 5.74) is 4.18. The molecule has 1 unspecified atom stereocenters. The van der Waals surface area contributed by atoms with Gasteiger partial charge in [-0.25, -0.2) is 4.68 Å². The van der Waals surface area contributed by atoms with Gasteiger partial charge in [0.15, 0.2) is 5.78 Å². The third-order valence-corrected chi connectivity index (χ3v) is 6.98. The van der Waals surface area contributed by atoms with Gasteiger partial charge in [0.05, 0.1) is 24.1 Å². The Labute approximate surface area is 224 Å². The van der Waals surface area contributed by atoms with Crippen LogP contribution in [0.4, 0.5) is 11.6 Å². The van der Waals surface area contributed by atoms with E-state index in [1.54, 1.807) is 36.3 Å². The Morgan fingerprint density at radius 1 is 1.08 bits per heavy atom. The molecule has 3 heterocycles. The number of Topliss-reactive ketones (excluding diaryl/α,β-unsaturated/α-hetero) is 1. The van der Waals surface area contributed by atoms with Crippen LogP contribution in [0.15, 0.2) is 89.5 Å². The fourth-order valence-electron chi connectivity index (χ4n) is 4.22. The van der Waals surface area contributed by atoms with E-state index in [4.69, 9.17) is 4.74 Å². The SMILES string of the molecule is COc1ccccc1NC(=O)C1=C(C)Nc2nc(SCC(=O)c3ccc(C)cc3)nn2C1c1cccnc1. The second kappa shape index (κ2) is 10.9. The monoisotopic (exact) mass is 526 g/mol. The van der Waals surface area contributed by atoms with E-state index in [0.29, 0.717) is 39.4 Å². The van der Waals surface area contributed by atoms with E-state index < -0.39 is 6.04 Å². The third-order valence-electron chi connectivity index (χ3n) is 6.14. The minimum atomic E-state index is -0.579. The van der Waals surface area contributed by atoms with E-state index in [1.807, 2.05) is 62.4 Å². The summed E-state index contributed by atoms with van der Waals surface area (Å²) in [6.07, 6.45) is 3.38. The van der Waals surface area contributed by atoms with Gasteiger partial charge >= 0.3 is 0 Å². The average Bonchev–Trinajstić information content (AvgIpc) is 3.34. The van der Waals surface area contributed by atoms with Gasteiger partial charge in [-0.2, -0.15) is 4.98 Å². The number of aryl methyl sites for hydroxylation is 1. The molecule has 1 aliphatic heterocycles. The second-order valence-corrected chi connectivity index (χ2v) is 9.69. The Morgan fingerprint density at radius 2 is 1.87 bits per heavy atom. The summed E-state index contributed by atoms with van der Waals surface area (Å²) < 4.78 is 7.07. The summed E-state index contributed by atoms with van der Waals surface area (Å²) in [5.74, 6) is 0.913. The number of ether oxygens (including phenoxy) is 1. The van der Waals surface area contributed by atoms with Crippen molar-refractivity contribution in [2.45, 2.75) is 25.0 Å². The minimum absolute atomic E-state index is 0.00859. The van der Waals surface area contributed by atoms with E-state index in [1.165, 1.54) is 11.8 Å². The molecule has 38 heavy (non-hydrogen) atoms. The molecule has 2 N–H and O–H groups in total. The maximum atomic E-state index is 13.6. The number of nitrogens with zero attached hydrogens (tertiary/aromatic N) is 4. The first-order valence-electron chi connectivity index (χ1n) is 12.0. The Balaban J connectivity index is 1.44. The topological polar surface area (TPSA) is 111 Å². The van der Waals surface area contributed by atoms with Crippen molar-refractivity contribution in [2.24, 2.45) is 0 Å². The number of carbonyl (C=O) groups excluding carboxylic acids is 2. The fourth-order valence-corrected chi connectivity index (χ4v) is 4.95. The van der Waals surface area contributed by atoms with Crippen LogP contribution < -0.4 is 15.4 Å². The number of ketones is 1. The highest BCUT2D eigenvalue weighted by Crippen LogP contribution is 2.37.